The van der Waals surface area contributed by atoms with Gasteiger partial charge in [-0.05, 0) is 18.6 Å². The number of aromatic nitrogens is 2. The van der Waals surface area contributed by atoms with Crippen molar-refractivity contribution >= 4 is 5.82 Å². The van der Waals surface area contributed by atoms with Crippen LogP contribution in [0.15, 0.2) is 48.8 Å². The second kappa shape index (κ2) is 7.13. The van der Waals surface area contributed by atoms with Crippen molar-refractivity contribution in [1.82, 2.24) is 4.98 Å². The van der Waals surface area contributed by atoms with Crippen LogP contribution in [0.5, 0.6) is 17.4 Å². The van der Waals surface area contributed by atoms with Gasteiger partial charge in [0.1, 0.15) is 30.2 Å². The highest BCUT2D eigenvalue weighted by Gasteiger charge is 2.36. The van der Waals surface area contributed by atoms with Crippen LogP contribution in [-0.2, 0) is 6.54 Å². The molecule has 4 rings (SSSR count). The molecule has 3 aromatic rings. The lowest BCUT2D eigenvalue weighted by molar-refractivity contribution is -0.882. The third kappa shape index (κ3) is 3.27. The van der Waals surface area contributed by atoms with Crippen molar-refractivity contribution < 1.29 is 19.3 Å². The molecular formula is C22H26N4O2+2. The normalized spacial score (nSPS) is 15.1. The summed E-state index contributed by atoms with van der Waals surface area (Å²) >= 11 is 0. The maximum atomic E-state index is 9.92. The number of nitrogen functional groups attached to an aromatic ring is 1. The topological polar surface area (TPSA) is 76.7 Å². The van der Waals surface area contributed by atoms with Gasteiger partial charge in [0, 0.05) is 11.6 Å². The Morgan fingerprint density at radius 1 is 1.18 bits per heavy atom. The number of hydrogen-bond donors (Lipinski definition) is 3. The summed E-state index contributed by atoms with van der Waals surface area (Å²) in [7, 11) is 4.23. The largest absolute Gasteiger partial charge is 0.508 e. The zero-order valence-corrected chi connectivity index (χ0v) is 16.4. The highest BCUT2D eigenvalue weighted by molar-refractivity contribution is 5.62. The highest BCUT2D eigenvalue weighted by Crippen LogP contribution is 2.48. The van der Waals surface area contributed by atoms with Crippen LogP contribution in [0, 0.1) is 6.92 Å². The van der Waals surface area contributed by atoms with Crippen molar-refractivity contribution in [3.8, 4) is 17.4 Å². The van der Waals surface area contributed by atoms with Crippen molar-refractivity contribution in [3.05, 3.63) is 71.0 Å². The average molecular weight is 378 g/mol. The summed E-state index contributed by atoms with van der Waals surface area (Å²) < 4.78 is 8.01. The molecule has 0 amide bonds. The molecule has 0 aliphatic carbocycles. The first-order valence-electron chi connectivity index (χ1n) is 9.48. The molecule has 0 fully saturated rings. The quantitative estimate of drug-likeness (QED) is 0.469. The van der Waals surface area contributed by atoms with E-state index in [2.05, 4.69) is 50.3 Å². The zero-order valence-electron chi connectivity index (χ0n) is 16.4. The first kappa shape index (κ1) is 18.3. The summed E-state index contributed by atoms with van der Waals surface area (Å²) in [5.74, 6) is 1.83. The molecule has 0 saturated carbocycles. The number of nitrogens with zero attached hydrogens (tertiary/aromatic N) is 2. The van der Waals surface area contributed by atoms with Crippen LogP contribution in [0.4, 0.5) is 5.82 Å². The molecule has 0 unspecified atom stereocenters. The van der Waals surface area contributed by atoms with E-state index in [1.807, 2.05) is 10.6 Å². The van der Waals surface area contributed by atoms with Crippen LogP contribution in [-0.4, -0.2) is 30.7 Å². The van der Waals surface area contributed by atoms with Gasteiger partial charge in [-0.25, -0.2) is 4.57 Å². The number of hydrogen-bond acceptors (Lipinski definition) is 4. The summed E-state index contributed by atoms with van der Waals surface area (Å²) in [5, 5.41) is 9.92. The van der Waals surface area contributed by atoms with E-state index in [-0.39, 0.29) is 11.7 Å². The second-order valence-corrected chi connectivity index (χ2v) is 7.67. The lowest BCUT2D eigenvalue weighted by Gasteiger charge is -2.27. The molecule has 28 heavy (non-hydrogen) atoms. The van der Waals surface area contributed by atoms with Crippen LogP contribution < -0.4 is 19.9 Å². The van der Waals surface area contributed by atoms with Crippen LogP contribution in [0.1, 0.15) is 28.2 Å². The molecule has 0 saturated heterocycles. The Kier molecular flexibility index (Phi) is 4.65. The summed E-state index contributed by atoms with van der Waals surface area (Å²) in [5.41, 5.74) is 10.8. The molecule has 0 spiro atoms. The minimum Gasteiger partial charge on any atom is -0.508 e. The Labute approximate surface area is 164 Å². The third-order valence-electron chi connectivity index (χ3n) is 5.20. The smallest absolute Gasteiger partial charge is 0.306 e. The number of nitrogens with two attached hydrogens (primary N) is 1. The molecule has 144 valence electrons. The van der Waals surface area contributed by atoms with E-state index in [1.54, 1.807) is 18.5 Å². The second-order valence-electron chi connectivity index (χ2n) is 7.67. The van der Waals surface area contributed by atoms with E-state index in [9.17, 15) is 5.11 Å². The number of ether oxygens (including phenoxy) is 1. The molecule has 1 aliphatic heterocycles. The van der Waals surface area contributed by atoms with Gasteiger partial charge in [-0.15, -0.1) is 0 Å². The van der Waals surface area contributed by atoms with E-state index in [0.29, 0.717) is 17.4 Å². The molecule has 6 nitrogen and oxygen atoms in total. The van der Waals surface area contributed by atoms with Crippen LogP contribution >= 0.6 is 0 Å². The molecular weight excluding hydrogens is 352 g/mol. The van der Waals surface area contributed by atoms with E-state index in [4.69, 9.17) is 10.5 Å². The van der Waals surface area contributed by atoms with Gasteiger partial charge in [-0.3, -0.25) is 0 Å². The monoisotopic (exact) mass is 378 g/mol. The van der Waals surface area contributed by atoms with Gasteiger partial charge in [0.05, 0.1) is 20.0 Å². The molecule has 2 aromatic carbocycles. The number of phenolic OH excluding ortho intramolecular Hbond substituents is 1. The predicted octanol–water partition coefficient (Wildman–Crippen LogP) is 1.40. The maximum Gasteiger partial charge on any atom is 0.306 e. The molecule has 4 N–H and O–H groups in total. The van der Waals surface area contributed by atoms with Gasteiger partial charge in [0.25, 0.3) is 0 Å². The van der Waals surface area contributed by atoms with Crippen molar-refractivity contribution in [3.63, 3.8) is 0 Å². The Hall–Kier alpha value is -3.12. The maximum absolute atomic E-state index is 9.92. The lowest BCUT2D eigenvalue weighted by atomic mass is 9.83. The summed E-state index contributed by atoms with van der Waals surface area (Å²) in [4.78, 5) is 5.89. The number of fused-ring (bicyclic) bond motifs is 2. The Balaban J connectivity index is 1.89. The lowest BCUT2D eigenvalue weighted by Crippen LogP contribution is -3.06. The third-order valence-corrected chi connectivity index (χ3v) is 5.20. The molecule has 6 heteroatoms. The minimum absolute atomic E-state index is 0.105. The van der Waals surface area contributed by atoms with Crippen molar-refractivity contribution in [2.45, 2.75) is 19.4 Å². The number of nitrogens with one attached hydrogen (secondary N) is 1. The minimum atomic E-state index is -0.105. The van der Waals surface area contributed by atoms with Gasteiger partial charge >= 0.3 is 5.88 Å². The van der Waals surface area contributed by atoms with Gasteiger partial charge < -0.3 is 20.5 Å². The van der Waals surface area contributed by atoms with Crippen molar-refractivity contribution in [1.29, 1.82) is 0 Å². The van der Waals surface area contributed by atoms with Gasteiger partial charge in [0.2, 0.25) is 12.1 Å². The summed E-state index contributed by atoms with van der Waals surface area (Å²) in [6.07, 6.45) is 1.73. The van der Waals surface area contributed by atoms with E-state index in [1.165, 1.54) is 10.5 Å². The fraction of sp³-hybridized carbons (Fsp3) is 0.273. The molecule has 1 aliphatic rings. The zero-order chi connectivity index (χ0) is 19.8. The van der Waals surface area contributed by atoms with Gasteiger partial charge in [-0.1, -0.05) is 40.9 Å². The highest BCUT2D eigenvalue weighted by atomic mass is 16.5. The Morgan fingerprint density at radius 3 is 2.64 bits per heavy atom. The standard InChI is InChI=1S/C22H24N4O2/c1-14-4-6-15(7-5-14)19-17-9-8-16(27)12-18(17)28-22-20(19)21(23)26(13-24-22)11-10-25(2)3/h4-9,12-13,19,23,27H,10-11H2,1-3H3/p+2/t19-/m0/s1. The number of phenols is 1. The molecule has 1 atom stereocenters. The number of benzene rings is 2. The fourth-order valence-electron chi connectivity index (χ4n) is 3.61. The number of likely N-dealkylation sites (N-methyl/N-ethyl adjacent to an activating group) is 1. The number of aromatic hydroxyl groups is 1. The number of anilines is 1. The molecule has 0 bridgehead atoms. The molecule has 0 radical (unpaired) electrons. The fourth-order valence-corrected chi connectivity index (χ4v) is 3.61. The van der Waals surface area contributed by atoms with E-state index in [0.717, 1.165) is 29.8 Å². The molecule has 1 aromatic heterocycles. The number of aryl methyl sites for hydroxylation is 1. The van der Waals surface area contributed by atoms with Crippen LogP contribution in [0.2, 0.25) is 0 Å². The van der Waals surface area contributed by atoms with Gasteiger partial charge in [-0.2, -0.15) is 0 Å². The predicted molar refractivity (Wildman–Crippen MR) is 107 cm³/mol. The van der Waals surface area contributed by atoms with Crippen LogP contribution in [0.25, 0.3) is 0 Å². The Morgan fingerprint density at radius 2 is 1.93 bits per heavy atom. The van der Waals surface area contributed by atoms with E-state index < -0.39 is 0 Å². The average Bonchev–Trinajstić information content (AvgIpc) is 2.66. The first-order chi connectivity index (χ1) is 13.4. The SMILES string of the molecule is Cc1ccc([C@H]2c3ccc(O)cc3Oc3nc[n+](CC[NH+](C)C)c(N)c32)cc1. The summed E-state index contributed by atoms with van der Waals surface area (Å²) in [6, 6.07) is 13.6. The van der Waals surface area contributed by atoms with Crippen LogP contribution in [0.3, 0.4) is 0 Å². The molecule has 2 heterocycles. The number of quaternary nitrogens is 1. The summed E-state index contributed by atoms with van der Waals surface area (Å²) in [6.45, 7) is 3.79. The first-order valence-corrected chi connectivity index (χ1v) is 9.48. The van der Waals surface area contributed by atoms with Crippen molar-refractivity contribution in [2.24, 2.45) is 0 Å². The number of rotatable bonds is 4. The van der Waals surface area contributed by atoms with E-state index >= 15 is 0 Å². The van der Waals surface area contributed by atoms with Crippen molar-refractivity contribution in [2.75, 3.05) is 26.4 Å². The Bertz CT molecular complexity index is 1020. The van der Waals surface area contributed by atoms with Gasteiger partial charge in [0.15, 0.2) is 0 Å².